The molecule has 3 aromatic rings. The lowest BCUT2D eigenvalue weighted by Crippen LogP contribution is -2.27. The van der Waals surface area contributed by atoms with E-state index in [1.165, 1.54) is 33.4 Å². The van der Waals surface area contributed by atoms with Crippen molar-refractivity contribution < 1.29 is 0 Å². The molecule has 4 nitrogen and oxygen atoms in total. The molecule has 112 valence electrons. The summed E-state index contributed by atoms with van der Waals surface area (Å²) in [6.07, 6.45) is 1.50. The van der Waals surface area contributed by atoms with Gasteiger partial charge in [-0.25, -0.2) is 4.98 Å². The molecule has 6 heteroatoms. The van der Waals surface area contributed by atoms with Crippen molar-refractivity contribution in [1.82, 2.24) is 9.55 Å². The Morgan fingerprint density at radius 2 is 2.14 bits per heavy atom. The van der Waals surface area contributed by atoms with Gasteiger partial charge in [-0.3, -0.25) is 9.36 Å². The summed E-state index contributed by atoms with van der Waals surface area (Å²) < 4.78 is 1.46. The number of aromatic nitrogens is 2. The number of nitrogens with two attached hydrogens (primary N) is 1. The number of fused-ring (bicyclic) bond motifs is 1. The first-order valence-electron chi connectivity index (χ1n) is 6.80. The summed E-state index contributed by atoms with van der Waals surface area (Å²) in [6, 6.07) is 6.20. The van der Waals surface area contributed by atoms with Crippen LogP contribution in [0.1, 0.15) is 11.1 Å². The number of hydrogen-bond acceptors (Lipinski definition) is 4. The van der Waals surface area contributed by atoms with Crippen molar-refractivity contribution >= 4 is 38.8 Å². The lowest BCUT2D eigenvalue weighted by molar-refractivity contribution is 0.796. The van der Waals surface area contributed by atoms with Crippen molar-refractivity contribution in [2.45, 2.75) is 20.4 Å². The van der Waals surface area contributed by atoms with Crippen LogP contribution in [0.15, 0.2) is 34.7 Å². The molecular weight excluding hydrogens is 314 g/mol. The molecule has 22 heavy (non-hydrogen) atoms. The maximum absolute atomic E-state index is 12.7. The predicted octanol–water partition coefficient (Wildman–Crippen LogP) is 3.03. The molecule has 0 unspecified atom stereocenters. The predicted molar refractivity (Wildman–Crippen MR) is 95.6 cm³/mol. The molecule has 1 aromatic carbocycles. The first-order valence-corrected chi connectivity index (χ1v) is 8.08. The van der Waals surface area contributed by atoms with Crippen molar-refractivity contribution in [2.75, 3.05) is 0 Å². The van der Waals surface area contributed by atoms with E-state index in [9.17, 15) is 4.79 Å². The maximum atomic E-state index is 12.7. The molecule has 0 bridgehead atoms. The Kier molecular flexibility index (Phi) is 3.80. The second-order valence-corrected chi connectivity index (χ2v) is 6.65. The third kappa shape index (κ3) is 2.55. The normalized spacial score (nSPS) is 11.0. The molecule has 0 amide bonds. The van der Waals surface area contributed by atoms with Gasteiger partial charge in [-0.15, -0.1) is 11.3 Å². The highest BCUT2D eigenvalue weighted by molar-refractivity contribution is 7.80. The van der Waals surface area contributed by atoms with Gasteiger partial charge in [-0.2, -0.15) is 0 Å². The fourth-order valence-electron chi connectivity index (χ4n) is 2.37. The van der Waals surface area contributed by atoms with Crippen molar-refractivity contribution in [2.24, 2.45) is 5.73 Å². The Balaban J connectivity index is 2.24. The quantitative estimate of drug-likeness (QED) is 0.750. The summed E-state index contributed by atoms with van der Waals surface area (Å²) in [4.78, 5) is 18.0. The van der Waals surface area contributed by atoms with E-state index in [0.717, 1.165) is 16.0 Å². The van der Waals surface area contributed by atoms with E-state index in [2.05, 4.69) is 31.0 Å². The number of rotatable bonds is 3. The van der Waals surface area contributed by atoms with E-state index in [1.54, 1.807) is 0 Å². The first kappa shape index (κ1) is 14.9. The fourth-order valence-corrected chi connectivity index (χ4v) is 3.42. The van der Waals surface area contributed by atoms with Gasteiger partial charge in [0.1, 0.15) is 4.83 Å². The summed E-state index contributed by atoms with van der Waals surface area (Å²) in [7, 11) is 0. The van der Waals surface area contributed by atoms with Crippen molar-refractivity contribution in [1.29, 1.82) is 0 Å². The van der Waals surface area contributed by atoms with Crippen LogP contribution in [0.4, 0.5) is 0 Å². The summed E-state index contributed by atoms with van der Waals surface area (Å²) in [5.74, 6) is 0. The zero-order valence-electron chi connectivity index (χ0n) is 12.3. The number of thiophene rings is 1. The lowest BCUT2D eigenvalue weighted by Gasteiger charge is -2.06. The van der Waals surface area contributed by atoms with Crippen molar-refractivity contribution in [3.05, 3.63) is 51.4 Å². The molecule has 2 heterocycles. The summed E-state index contributed by atoms with van der Waals surface area (Å²) >= 11 is 6.36. The molecule has 0 aliphatic carbocycles. The van der Waals surface area contributed by atoms with Gasteiger partial charge in [0.25, 0.3) is 5.56 Å². The van der Waals surface area contributed by atoms with E-state index < -0.39 is 0 Å². The standard InChI is InChI=1S/C16H15N3OS2/c1-9-3-4-11(5-10(9)2)12-7-22-15-14(12)16(20)19(8-18-15)6-13(17)21/h3-5,7-8H,6H2,1-2H3,(H2,17,21). The molecule has 0 atom stereocenters. The van der Waals surface area contributed by atoms with Gasteiger partial charge < -0.3 is 5.73 Å². The van der Waals surface area contributed by atoms with Crippen LogP contribution in [-0.2, 0) is 6.54 Å². The summed E-state index contributed by atoms with van der Waals surface area (Å²) in [6.45, 7) is 4.34. The average Bonchev–Trinajstić information content (AvgIpc) is 2.89. The van der Waals surface area contributed by atoms with Crippen molar-refractivity contribution in [3.63, 3.8) is 0 Å². The second kappa shape index (κ2) is 5.62. The molecule has 2 aromatic heterocycles. The molecule has 0 saturated carbocycles. The minimum absolute atomic E-state index is 0.104. The van der Waals surface area contributed by atoms with Gasteiger partial charge in [-0.05, 0) is 30.5 Å². The van der Waals surface area contributed by atoms with Gasteiger partial charge in [-0.1, -0.05) is 30.4 Å². The zero-order chi connectivity index (χ0) is 15.9. The van der Waals surface area contributed by atoms with E-state index >= 15 is 0 Å². The number of aryl methyl sites for hydroxylation is 2. The molecule has 0 aliphatic rings. The van der Waals surface area contributed by atoms with Crippen molar-refractivity contribution in [3.8, 4) is 11.1 Å². The maximum Gasteiger partial charge on any atom is 0.263 e. The van der Waals surface area contributed by atoms with Crippen LogP contribution in [-0.4, -0.2) is 14.5 Å². The van der Waals surface area contributed by atoms with E-state index in [1.807, 2.05) is 11.4 Å². The summed E-state index contributed by atoms with van der Waals surface area (Å²) in [5, 5.41) is 2.61. The average molecular weight is 329 g/mol. The van der Waals surface area contributed by atoms with Gasteiger partial charge >= 0.3 is 0 Å². The van der Waals surface area contributed by atoms with Crippen LogP contribution in [0, 0.1) is 13.8 Å². The number of hydrogen-bond donors (Lipinski definition) is 1. The minimum Gasteiger partial charge on any atom is -0.392 e. The Bertz CT molecular complexity index is 940. The molecular formula is C16H15N3OS2. The number of nitrogens with zero attached hydrogens (tertiary/aromatic N) is 2. The third-order valence-electron chi connectivity index (χ3n) is 3.70. The van der Waals surface area contributed by atoms with E-state index in [4.69, 9.17) is 18.0 Å². The highest BCUT2D eigenvalue weighted by Gasteiger charge is 2.14. The van der Waals surface area contributed by atoms with Gasteiger partial charge in [0.2, 0.25) is 0 Å². The first-order chi connectivity index (χ1) is 10.5. The van der Waals surface area contributed by atoms with Gasteiger partial charge in [0.05, 0.1) is 23.2 Å². The Hall–Kier alpha value is -2.05. The van der Waals surface area contributed by atoms with Crippen LogP contribution in [0.2, 0.25) is 0 Å². The number of thiocarbonyl (C=S) groups is 1. The highest BCUT2D eigenvalue weighted by atomic mass is 32.1. The summed E-state index contributed by atoms with van der Waals surface area (Å²) in [5.41, 5.74) is 9.81. The molecule has 0 radical (unpaired) electrons. The van der Waals surface area contributed by atoms with E-state index in [-0.39, 0.29) is 17.1 Å². The zero-order valence-corrected chi connectivity index (χ0v) is 13.9. The molecule has 0 saturated heterocycles. The number of benzene rings is 1. The fraction of sp³-hybridized carbons (Fsp3) is 0.188. The van der Waals surface area contributed by atoms with Crippen LogP contribution in [0.5, 0.6) is 0 Å². The third-order valence-corrected chi connectivity index (χ3v) is 4.72. The monoisotopic (exact) mass is 329 g/mol. The largest absolute Gasteiger partial charge is 0.392 e. The highest BCUT2D eigenvalue weighted by Crippen LogP contribution is 2.31. The molecule has 0 fully saturated rings. The van der Waals surface area contributed by atoms with Crippen LogP contribution >= 0.6 is 23.6 Å². The van der Waals surface area contributed by atoms with Crippen LogP contribution in [0.25, 0.3) is 21.3 Å². The Morgan fingerprint density at radius 3 is 2.82 bits per heavy atom. The smallest absolute Gasteiger partial charge is 0.263 e. The SMILES string of the molecule is Cc1ccc(-c2csc3ncn(CC(N)=S)c(=O)c23)cc1C. The second-order valence-electron chi connectivity index (χ2n) is 5.27. The Morgan fingerprint density at radius 1 is 1.36 bits per heavy atom. The van der Waals surface area contributed by atoms with Crippen LogP contribution in [0.3, 0.4) is 0 Å². The molecule has 0 aliphatic heterocycles. The van der Waals surface area contributed by atoms with Gasteiger partial charge in [0, 0.05) is 10.9 Å². The minimum atomic E-state index is -0.104. The van der Waals surface area contributed by atoms with E-state index in [0.29, 0.717) is 5.39 Å². The van der Waals surface area contributed by atoms with Crippen LogP contribution < -0.4 is 11.3 Å². The lowest BCUT2D eigenvalue weighted by atomic mass is 10.0. The molecule has 0 spiro atoms. The Labute approximate surface area is 137 Å². The topological polar surface area (TPSA) is 60.9 Å². The molecule has 3 rings (SSSR count). The molecule has 2 N–H and O–H groups in total. The van der Waals surface area contributed by atoms with Gasteiger partial charge in [0.15, 0.2) is 0 Å².